The molecule has 3 aromatic carbocycles. The largest absolute Gasteiger partial charge is 0.348 e. The molecule has 1 atom stereocenters. The molecule has 6 nitrogen and oxygen atoms in total. The predicted molar refractivity (Wildman–Crippen MR) is 119 cm³/mol. The smallest absolute Gasteiger partial charge is 0.253 e. The van der Waals surface area contributed by atoms with Crippen molar-refractivity contribution in [2.75, 3.05) is 18.9 Å². The number of hydrogen-bond donors (Lipinski definition) is 2. The number of rotatable bonds is 5. The van der Waals surface area contributed by atoms with Crippen molar-refractivity contribution < 1.29 is 14.4 Å². The molecule has 0 radical (unpaired) electrons. The van der Waals surface area contributed by atoms with Crippen LogP contribution in [0, 0.1) is 0 Å². The molecule has 156 valence electrons. The second-order valence-corrected chi connectivity index (χ2v) is 7.56. The fraction of sp³-hybridized carbons (Fsp3) is 0.160. The Balaban J connectivity index is 1.46. The summed E-state index contributed by atoms with van der Waals surface area (Å²) in [6.45, 7) is 0.731. The Labute approximate surface area is 180 Å². The summed E-state index contributed by atoms with van der Waals surface area (Å²) in [6, 6.07) is 23.7. The summed E-state index contributed by atoms with van der Waals surface area (Å²) in [5.41, 5.74) is 3.28. The molecular formula is C25H23N3O3. The van der Waals surface area contributed by atoms with Gasteiger partial charge in [0.1, 0.15) is 0 Å². The van der Waals surface area contributed by atoms with Gasteiger partial charge in [-0.2, -0.15) is 0 Å². The molecule has 0 saturated heterocycles. The SMILES string of the molecule is CN1CC(C(=O)Nc2cccc(C(=O)NCc3ccccc3)c2)c2ccccc2C1=O. The first kappa shape index (κ1) is 20.3. The fourth-order valence-corrected chi connectivity index (χ4v) is 3.73. The summed E-state index contributed by atoms with van der Waals surface area (Å²) in [6.07, 6.45) is 0. The highest BCUT2D eigenvalue weighted by molar-refractivity contribution is 6.04. The maximum absolute atomic E-state index is 13.0. The number of amides is 3. The van der Waals surface area contributed by atoms with Gasteiger partial charge in [0.15, 0.2) is 0 Å². The average Bonchev–Trinajstić information content (AvgIpc) is 2.80. The van der Waals surface area contributed by atoms with Gasteiger partial charge in [-0.05, 0) is 35.4 Å². The van der Waals surface area contributed by atoms with Gasteiger partial charge in [0.25, 0.3) is 11.8 Å². The van der Waals surface area contributed by atoms with Crippen LogP contribution in [0.4, 0.5) is 5.69 Å². The summed E-state index contributed by atoms with van der Waals surface area (Å²) in [4.78, 5) is 39.5. The van der Waals surface area contributed by atoms with Gasteiger partial charge in [0, 0.05) is 37.0 Å². The molecule has 4 rings (SSSR count). The van der Waals surface area contributed by atoms with Crippen LogP contribution < -0.4 is 10.6 Å². The first-order valence-corrected chi connectivity index (χ1v) is 10.1. The van der Waals surface area contributed by atoms with Crippen molar-refractivity contribution in [3.05, 3.63) is 101 Å². The lowest BCUT2D eigenvalue weighted by Gasteiger charge is -2.31. The van der Waals surface area contributed by atoms with E-state index in [1.54, 1.807) is 48.3 Å². The van der Waals surface area contributed by atoms with Crippen LogP contribution in [0.3, 0.4) is 0 Å². The number of benzene rings is 3. The molecular weight excluding hydrogens is 390 g/mol. The van der Waals surface area contributed by atoms with Crippen molar-refractivity contribution in [3.8, 4) is 0 Å². The summed E-state index contributed by atoms with van der Waals surface area (Å²) >= 11 is 0. The standard InChI is InChI=1S/C25H23N3O3/c1-28-16-22(20-12-5-6-13-21(20)25(28)31)24(30)27-19-11-7-10-18(14-19)23(29)26-15-17-8-3-2-4-9-17/h2-14,22H,15-16H2,1H3,(H,26,29)(H,27,30). The lowest BCUT2D eigenvalue weighted by Crippen LogP contribution is -2.41. The van der Waals surface area contributed by atoms with Gasteiger partial charge in [0.2, 0.25) is 5.91 Å². The lowest BCUT2D eigenvalue weighted by molar-refractivity contribution is -0.117. The molecule has 1 aliphatic rings. The number of nitrogens with zero attached hydrogens (tertiary/aromatic N) is 1. The van der Waals surface area contributed by atoms with E-state index < -0.39 is 5.92 Å². The van der Waals surface area contributed by atoms with Gasteiger partial charge >= 0.3 is 0 Å². The Morgan fingerprint density at radius 3 is 2.52 bits per heavy atom. The van der Waals surface area contributed by atoms with Crippen molar-refractivity contribution >= 4 is 23.4 Å². The Kier molecular flexibility index (Phi) is 5.80. The first-order valence-electron chi connectivity index (χ1n) is 10.1. The van der Waals surface area contributed by atoms with E-state index in [9.17, 15) is 14.4 Å². The van der Waals surface area contributed by atoms with Crippen LogP contribution in [-0.2, 0) is 11.3 Å². The number of carbonyl (C=O) groups is 3. The zero-order valence-corrected chi connectivity index (χ0v) is 17.2. The van der Waals surface area contributed by atoms with E-state index in [0.29, 0.717) is 29.9 Å². The second-order valence-electron chi connectivity index (χ2n) is 7.56. The molecule has 31 heavy (non-hydrogen) atoms. The highest BCUT2D eigenvalue weighted by atomic mass is 16.2. The Bertz CT molecular complexity index is 1130. The Morgan fingerprint density at radius 2 is 1.71 bits per heavy atom. The summed E-state index contributed by atoms with van der Waals surface area (Å²) in [7, 11) is 1.69. The van der Waals surface area contributed by atoms with Crippen LogP contribution in [0.2, 0.25) is 0 Å². The van der Waals surface area contributed by atoms with Gasteiger partial charge in [-0.15, -0.1) is 0 Å². The van der Waals surface area contributed by atoms with E-state index in [4.69, 9.17) is 0 Å². The Hall–Kier alpha value is -3.93. The summed E-state index contributed by atoms with van der Waals surface area (Å²) in [5, 5.41) is 5.79. The molecule has 1 heterocycles. The third-order valence-corrected chi connectivity index (χ3v) is 5.37. The van der Waals surface area contributed by atoms with E-state index in [2.05, 4.69) is 10.6 Å². The Morgan fingerprint density at radius 1 is 0.968 bits per heavy atom. The number of anilines is 1. The fourth-order valence-electron chi connectivity index (χ4n) is 3.73. The molecule has 6 heteroatoms. The molecule has 0 spiro atoms. The van der Waals surface area contributed by atoms with Gasteiger partial charge in [0.05, 0.1) is 5.92 Å². The summed E-state index contributed by atoms with van der Waals surface area (Å²) < 4.78 is 0. The minimum atomic E-state index is -0.477. The van der Waals surface area contributed by atoms with Crippen molar-refractivity contribution in [3.63, 3.8) is 0 Å². The normalized spacial score (nSPS) is 15.2. The monoisotopic (exact) mass is 413 g/mol. The quantitative estimate of drug-likeness (QED) is 0.673. The maximum atomic E-state index is 13.0. The van der Waals surface area contributed by atoms with Crippen molar-refractivity contribution in [1.29, 1.82) is 0 Å². The molecule has 0 saturated carbocycles. The topological polar surface area (TPSA) is 78.5 Å². The van der Waals surface area contributed by atoms with Crippen LogP contribution in [0.25, 0.3) is 0 Å². The third-order valence-electron chi connectivity index (χ3n) is 5.37. The van der Waals surface area contributed by atoms with Crippen LogP contribution in [-0.4, -0.2) is 36.2 Å². The molecule has 2 N–H and O–H groups in total. The molecule has 1 aliphatic heterocycles. The molecule has 0 aromatic heterocycles. The molecule has 3 aromatic rings. The van der Waals surface area contributed by atoms with Crippen LogP contribution in [0.1, 0.15) is 37.8 Å². The molecule has 0 bridgehead atoms. The van der Waals surface area contributed by atoms with Gasteiger partial charge in [-0.3, -0.25) is 14.4 Å². The highest BCUT2D eigenvalue weighted by Crippen LogP contribution is 2.28. The van der Waals surface area contributed by atoms with Gasteiger partial charge in [-0.25, -0.2) is 0 Å². The number of fused-ring (bicyclic) bond motifs is 1. The van der Waals surface area contributed by atoms with E-state index in [-0.39, 0.29) is 17.7 Å². The number of carbonyl (C=O) groups excluding carboxylic acids is 3. The van der Waals surface area contributed by atoms with E-state index >= 15 is 0 Å². The molecule has 0 fully saturated rings. The van der Waals surface area contributed by atoms with Crippen LogP contribution in [0.5, 0.6) is 0 Å². The minimum Gasteiger partial charge on any atom is -0.348 e. The summed E-state index contributed by atoms with van der Waals surface area (Å²) in [5.74, 6) is -0.992. The third kappa shape index (κ3) is 4.48. The predicted octanol–water partition coefficient (Wildman–Crippen LogP) is 3.42. The molecule has 0 aliphatic carbocycles. The lowest BCUT2D eigenvalue weighted by atomic mass is 9.89. The van der Waals surface area contributed by atoms with Gasteiger partial charge < -0.3 is 15.5 Å². The van der Waals surface area contributed by atoms with Crippen LogP contribution in [0.15, 0.2) is 78.9 Å². The maximum Gasteiger partial charge on any atom is 0.253 e. The number of nitrogens with one attached hydrogen (secondary N) is 2. The van der Waals surface area contributed by atoms with Crippen molar-refractivity contribution in [1.82, 2.24) is 10.2 Å². The van der Waals surface area contributed by atoms with E-state index in [0.717, 1.165) is 11.1 Å². The zero-order chi connectivity index (χ0) is 21.8. The van der Waals surface area contributed by atoms with Gasteiger partial charge in [-0.1, -0.05) is 54.6 Å². The van der Waals surface area contributed by atoms with E-state index in [1.165, 1.54) is 0 Å². The average molecular weight is 413 g/mol. The van der Waals surface area contributed by atoms with E-state index in [1.807, 2.05) is 42.5 Å². The highest BCUT2D eigenvalue weighted by Gasteiger charge is 2.33. The molecule has 1 unspecified atom stereocenters. The van der Waals surface area contributed by atoms with Crippen molar-refractivity contribution in [2.24, 2.45) is 0 Å². The number of hydrogen-bond acceptors (Lipinski definition) is 3. The first-order chi connectivity index (χ1) is 15.0. The minimum absolute atomic E-state index is 0.0864. The van der Waals surface area contributed by atoms with Crippen molar-refractivity contribution in [2.45, 2.75) is 12.5 Å². The molecule has 3 amide bonds. The zero-order valence-electron chi connectivity index (χ0n) is 17.2. The number of likely N-dealkylation sites (N-methyl/N-ethyl adjacent to an activating group) is 1. The second kappa shape index (κ2) is 8.83. The van der Waals surface area contributed by atoms with Crippen LogP contribution >= 0.6 is 0 Å².